The lowest BCUT2D eigenvalue weighted by Crippen LogP contribution is -2.44. The molecule has 2 saturated heterocycles. The topological polar surface area (TPSA) is 85.5 Å². The molecule has 8 nitrogen and oxygen atoms in total. The van der Waals surface area contributed by atoms with E-state index in [4.69, 9.17) is 19.4 Å². The first-order chi connectivity index (χ1) is 16.6. The lowest BCUT2D eigenvalue weighted by atomic mass is 9.86. The number of pyridine rings is 2. The zero-order chi connectivity index (χ0) is 23.7. The lowest BCUT2D eigenvalue weighted by molar-refractivity contribution is -0.0383. The Labute approximate surface area is 200 Å². The first kappa shape index (κ1) is 23.2. The molecule has 0 saturated carbocycles. The van der Waals surface area contributed by atoms with Gasteiger partial charge in [-0.25, -0.2) is 9.67 Å². The highest BCUT2D eigenvalue weighted by Gasteiger charge is 2.31. The molecular weight excluding hydrogens is 430 g/mol. The molecule has 0 bridgehead atoms. The maximum Gasteiger partial charge on any atom is 0.150 e. The molecule has 3 aromatic heterocycles. The van der Waals surface area contributed by atoms with Gasteiger partial charge in [0, 0.05) is 30.9 Å². The summed E-state index contributed by atoms with van der Waals surface area (Å²) in [4.78, 5) is 12.2. The van der Waals surface area contributed by atoms with Crippen LogP contribution in [0.15, 0.2) is 30.6 Å². The molecule has 0 aliphatic carbocycles. The van der Waals surface area contributed by atoms with Crippen LogP contribution in [0.3, 0.4) is 0 Å². The number of nitrogens with zero attached hydrogens (tertiary/aromatic N) is 5. The van der Waals surface area contributed by atoms with E-state index < -0.39 is 5.60 Å². The average Bonchev–Trinajstić information content (AvgIpc) is 3.38. The van der Waals surface area contributed by atoms with Crippen molar-refractivity contribution in [2.75, 3.05) is 31.3 Å². The Morgan fingerprint density at radius 1 is 1.15 bits per heavy atom. The zero-order valence-corrected chi connectivity index (χ0v) is 20.4. The molecule has 2 atom stereocenters. The number of aromatic nitrogens is 4. The highest BCUT2D eigenvalue weighted by molar-refractivity contribution is 5.94. The number of hydrogen-bond donors (Lipinski definition) is 1. The minimum absolute atomic E-state index is 0.0964. The molecule has 8 heteroatoms. The summed E-state index contributed by atoms with van der Waals surface area (Å²) in [6.45, 7) is 9.04. The first-order valence-corrected chi connectivity index (χ1v) is 12.6. The van der Waals surface area contributed by atoms with Crippen molar-refractivity contribution in [3.05, 3.63) is 36.2 Å². The van der Waals surface area contributed by atoms with Crippen LogP contribution in [0.2, 0.25) is 0 Å². The molecule has 0 amide bonds. The van der Waals surface area contributed by atoms with Crippen molar-refractivity contribution < 1.29 is 14.6 Å². The van der Waals surface area contributed by atoms with Gasteiger partial charge in [-0.15, -0.1) is 0 Å². The smallest absolute Gasteiger partial charge is 0.150 e. The fourth-order valence-corrected chi connectivity index (χ4v) is 5.20. The van der Waals surface area contributed by atoms with E-state index in [0.29, 0.717) is 26.1 Å². The minimum atomic E-state index is -0.948. The second kappa shape index (κ2) is 9.60. The third-order valence-corrected chi connectivity index (χ3v) is 7.39. The number of morpholine rings is 1. The number of fused-ring (bicyclic) bond motifs is 1. The van der Waals surface area contributed by atoms with Gasteiger partial charge >= 0.3 is 0 Å². The number of anilines is 1. The molecule has 0 spiro atoms. The number of hydrogen-bond acceptors (Lipinski definition) is 7. The third kappa shape index (κ3) is 4.08. The molecule has 2 fully saturated rings. The van der Waals surface area contributed by atoms with Crippen LogP contribution in [0, 0.1) is 0 Å². The van der Waals surface area contributed by atoms with E-state index in [1.54, 1.807) is 6.20 Å². The molecule has 1 N–H and O–H groups in total. The van der Waals surface area contributed by atoms with Crippen LogP contribution in [0.1, 0.15) is 64.7 Å². The summed E-state index contributed by atoms with van der Waals surface area (Å²) in [6, 6.07) is 6.23. The zero-order valence-electron chi connectivity index (χ0n) is 20.4. The van der Waals surface area contributed by atoms with Crippen molar-refractivity contribution in [2.24, 2.45) is 0 Å². The summed E-state index contributed by atoms with van der Waals surface area (Å²) in [7, 11) is 0. The van der Waals surface area contributed by atoms with E-state index in [1.807, 2.05) is 36.9 Å². The Kier molecular flexibility index (Phi) is 6.55. The van der Waals surface area contributed by atoms with E-state index >= 15 is 0 Å². The molecule has 182 valence electrons. The third-order valence-electron chi connectivity index (χ3n) is 7.39. The van der Waals surface area contributed by atoms with Crippen LogP contribution in [0.4, 0.5) is 5.82 Å². The molecule has 1 unspecified atom stereocenters. The molecule has 0 radical (unpaired) electrons. The quantitative estimate of drug-likeness (QED) is 0.576. The van der Waals surface area contributed by atoms with Gasteiger partial charge in [0.2, 0.25) is 0 Å². The molecular formula is C26H35N5O3. The van der Waals surface area contributed by atoms with Crippen LogP contribution >= 0.6 is 0 Å². The lowest BCUT2D eigenvalue weighted by Gasteiger charge is -2.36. The van der Waals surface area contributed by atoms with Crippen molar-refractivity contribution in [1.29, 1.82) is 0 Å². The van der Waals surface area contributed by atoms with Crippen molar-refractivity contribution in [3.63, 3.8) is 0 Å². The van der Waals surface area contributed by atoms with E-state index in [2.05, 4.69) is 23.0 Å². The average molecular weight is 466 g/mol. The Bertz CT molecular complexity index is 1140. The predicted octanol–water partition coefficient (Wildman–Crippen LogP) is 4.43. The van der Waals surface area contributed by atoms with Gasteiger partial charge in [0.25, 0.3) is 0 Å². The monoisotopic (exact) mass is 465 g/mol. The van der Waals surface area contributed by atoms with E-state index in [-0.39, 0.29) is 12.3 Å². The van der Waals surface area contributed by atoms with Gasteiger partial charge in [0.05, 0.1) is 30.6 Å². The van der Waals surface area contributed by atoms with Crippen molar-refractivity contribution >= 4 is 16.7 Å². The van der Waals surface area contributed by atoms with Crippen LogP contribution in [0.5, 0.6) is 0 Å². The largest absolute Gasteiger partial charge is 0.385 e. The predicted molar refractivity (Wildman–Crippen MR) is 132 cm³/mol. The number of aliphatic hydroxyl groups is 1. The van der Waals surface area contributed by atoms with Crippen molar-refractivity contribution in [1.82, 2.24) is 19.7 Å². The molecule has 34 heavy (non-hydrogen) atoms. The normalized spacial score (nSPS) is 21.8. The van der Waals surface area contributed by atoms with Crippen LogP contribution < -0.4 is 4.90 Å². The summed E-state index contributed by atoms with van der Waals surface area (Å²) >= 11 is 0. The molecule has 5 rings (SSSR count). The second-order valence-corrected chi connectivity index (χ2v) is 9.42. The fraction of sp³-hybridized carbons (Fsp3) is 0.577. The van der Waals surface area contributed by atoms with E-state index in [9.17, 15) is 5.11 Å². The molecule has 5 heterocycles. The van der Waals surface area contributed by atoms with Gasteiger partial charge in [-0.3, -0.25) is 4.98 Å². The van der Waals surface area contributed by atoms with Crippen molar-refractivity contribution in [3.8, 4) is 11.4 Å². The van der Waals surface area contributed by atoms with Crippen LogP contribution in [-0.2, 0) is 15.1 Å². The molecule has 0 aromatic carbocycles. The molecule has 2 aliphatic heterocycles. The van der Waals surface area contributed by atoms with Gasteiger partial charge in [0.15, 0.2) is 6.23 Å². The minimum Gasteiger partial charge on any atom is -0.385 e. The number of ether oxygens (including phenoxy) is 2. The van der Waals surface area contributed by atoms with Gasteiger partial charge < -0.3 is 19.5 Å². The van der Waals surface area contributed by atoms with E-state index in [1.165, 1.54) is 0 Å². The first-order valence-electron chi connectivity index (χ1n) is 12.6. The van der Waals surface area contributed by atoms with Gasteiger partial charge in [-0.2, -0.15) is 5.10 Å². The highest BCUT2D eigenvalue weighted by atomic mass is 16.5. The Balaban J connectivity index is 1.72. The molecule has 2 aliphatic rings. The highest BCUT2D eigenvalue weighted by Crippen LogP contribution is 2.39. The second-order valence-electron chi connectivity index (χ2n) is 9.42. The Morgan fingerprint density at radius 3 is 2.74 bits per heavy atom. The van der Waals surface area contributed by atoms with Crippen LogP contribution in [-0.4, -0.2) is 57.3 Å². The molecule has 3 aromatic rings. The maximum absolute atomic E-state index is 11.6. The van der Waals surface area contributed by atoms with E-state index in [0.717, 1.165) is 66.1 Å². The summed E-state index contributed by atoms with van der Waals surface area (Å²) in [5.74, 6) is 0.854. The number of rotatable bonds is 6. The standard InChI is InChI=1S/C26H35N5O3/c1-4-26(32,5-2)20-16-22(30-13-15-33-17-18(30)3)29-24-19(20)9-11-27-25(24)21-10-12-28-31(21)23-8-6-7-14-34-23/h9-12,16,18,23,32H,4-8,13-15,17H2,1-3H3/t18-,23?/m1/s1. The van der Waals surface area contributed by atoms with Gasteiger partial charge in [0.1, 0.15) is 17.0 Å². The Morgan fingerprint density at radius 2 is 2.00 bits per heavy atom. The van der Waals surface area contributed by atoms with Crippen molar-refractivity contribution in [2.45, 2.75) is 70.7 Å². The van der Waals surface area contributed by atoms with Crippen LogP contribution in [0.25, 0.3) is 22.3 Å². The fourth-order valence-electron chi connectivity index (χ4n) is 5.20. The SMILES string of the molecule is CCC(O)(CC)c1cc(N2CCOC[C@H]2C)nc2c(-c3ccnn3C3CCCCO3)nccc12. The maximum atomic E-state index is 11.6. The summed E-state index contributed by atoms with van der Waals surface area (Å²) in [5, 5.41) is 17.2. The summed E-state index contributed by atoms with van der Waals surface area (Å²) in [6.07, 6.45) is 7.88. The Hall–Kier alpha value is -2.55. The summed E-state index contributed by atoms with van der Waals surface area (Å²) in [5.41, 5.74) is 2.39. The van der Waals surface area contributed by atoms with Gasteiger partial charge in [-0.1, -0.05) is 13.8 Å². The summed E-state index contributed by atoms with van der Waals surface area (Å²) < 4.78 is 13.6. The van der Waals surface area contributed by atoms with Gasteiger partial charge in [-0.05, 0) is 62.8 Å².